The molecule has 0 N–H and O–H groups in total. The van der Waals surface area contributed by atoms with Crippen molar-refractivity contribution in [3.8, 4) is 22.6 Å². The quantitative estimate of drug-likeness (QED) is 0.181. The number of allylic oxidation sites excluding steroid dienone is 3. The fraction of sp³-hybridized carbons (Fsp3) is 0.149. The minimum atomic E-state index is 0.343. The molecule has 10 rings (SSSR count). The van der Waals surface area contributed by atoms with Gasteiger partial charge in [-0.25, -0.2) is 4.98 Å². The lowest BCUT2D eigenvalue weighted by atomic mass is 9.95. The molecule has 0 fully saturated rings. The number of para-hydroxylation sites is 2. The van der Waals surface area contributed by atoms with Crippen LogP contribution in [0.3, 0.4) is 0 Å². The normalized spacial score (nSPS) is 16.6. The molecule has 1 atom stereocenters. The van der Waals surface area contributed by atoms with Crippen molar-refractivity contribution in [1.82, 2.24) is 14.1 Å². The third-order valence-electron chi connectivity index (χ3n) is 10.8. The Morgan fingerprint density at radius 3 is 2.20 bits per heavy atom. The minimum Gasteiger partial charge on any atom is -0.313 e. The SMILES string of the molecule is CC1C=C(c2cccc(-n3c4c(c5ccccc53)CCC=C4)c2)N=C(c2cccc(-c3cccc(-n4c5c(c6ccccc64)C=CCC5)c3)n2)C1. The molecule has 0 radical (unpaired) electrons. The molecule has 1 unspecified atom stereocenters. The smallest absolute Gasteiger partial charge is 0.0852 e. The number of nitrogens with zero attached hydrogens (tertiary/aromatic N) is 4. The van der Waals surface area contributed by atoms with Gasteiger partial charge in [-0.3, -0.25) is 4.99 Å². The molecule has 4 nitrogen and oxygen atoms in total. The molecular weight excluding hydrogens is 621 g/mol. The summed E-state index contributed by atoms with van der Waals surface area (Å²) < 4.78 is 4.87. The standard InChI is InChI=1S/C47H38N4/c1-31-27-42(33-14-11-16-35(30-33)51-46-25-8-4-19-38(46)39-20-5-9-26-47(39)51)49-43(28-31)41-22-12-21-40(48-41)32-13-10-15-34(29-32)50-44-23-6-2-17-36(44)37-18-3-7-24-45(37)50/h2-4,6,8-19,21-23,25-27,29-31H,5,7,20,24,28H2,1H3. The third kappa shape index (κ3) is 5.05. The fourth-order valence-corrected chi connectivity index (χ4v) is 8.48. The Balaban J connectivity index is 1.01. The summed E-state index contributed by atoms with van der Waals surface area (Å²) >= 11 is 0. The van der Waals surface area contributed by atoms with Crippen LogP contribution in [0.1, 0.15) is 60.0 Å². The van der Waals surface area contributed by atoms with E-state index in [0.29, 0.717) is 5.92 Å². The van der Waals surface area contributed by atoms with Gasteiger partial charge in [0, 0.05) is 50.2 Å². The number of benzene rings is 4. The lowest BCUT2D eigenvalue weighted by molar-refractivity contribution is 0.758. The molecule has 0 saturated heterocycles. The van der Waals surface area contributed by atoms with E-state index < -0.39 is 0 Å². The molecule has 0 saturated carbocycles. The van der Waals surface area contributed by atoms with Gasteiger partial charge < -0.3 is 9.13 Å². The molecule has 0 spiro atoms. The lowest BCUT2D eigenvalue weighted by Gasteiger charge is -2.19. The zero-order valence-electron chi connectivity index (χ0n) is 28.8. The van der Waals surface area contributed by atoms with Gasteiger partial charge in [-0.15, -0.1) is 0 Å². The molecule has 246 valence electrons. The first-order valence-corrected chi connectivity index (χ1v) is 18.3. The average Bonchev–Trinajstić information content (AvgIpc) is 3.71. The Labute approximate surface area is 298 Å². The monoisotopic (exact) mass is 658 g/mol. The molecule has 3 aliphatic rings. The highest BCUT2D eigenvalue weighted by molar-refractivity contribution is 6.04. The van der Waals surface area contributed by atoms with Gasteiger partial charge in [0.25, 0.3) is 0 Å². The van der Waals surface area contributed by atoms with Gasteiger partial charge in [0.15, 0.2) is 0 Å². The van der Waals surface area contributed by atoms with Crippen LogP contribution in [0.5, 0.6) is 0 Å². The first-order valence-electron chi connectivity index (χ1n) is 18.3. The molecule has 0 amide bonds. The maximum absolute atomic E-state index is 5.30. The van der Waals surface area contributed by atoms with Crippen molar-refractivity contribution in [2.45, 2.75) is 39.0 Å². The fourth-order valence-electron chi connectivity index (χ4n) is 8.48. The maximum atomic E-state index is 5.30. The first-order chi connectivity index (χ1) is 25.2. The predicted octanol–water partition coefficient (Wildman–Crippen LogP) is 11.4. The molecule has 51 heavy (non-hydrogen) atoms. The first kappa shape index (κ1) is 29.9. The van der Waals surface area contributed by atoms with E-state index >= 15 is 0 Å². The van der Waals surface area contributed by atoms with Gasteiger partial charge in [-0.1, -0.05) is 98.0 Å². The van der Waals surface area contributed by atoms with E-state index in [2.05, 4.69) is 162 Å². The van der Waals surface area contributed by atoms with Crippen LogP contribution < -0.4 is 0 Å². The number of aliphatic imine (C=N–C) groups is 1. The van der Waals surface area contributed by atoms with E-state index in [9.17, 15) is 0 Å². The van der Waals surface area contributed by atoms with Crippen molar-refractivity contribution >= 4 is 45.4 Å². The van der Waals surface area contributed by atoms with Gasteiger partial charge in [0.2, 0.25) is 0 Å². The minimum absolute atomic E-state index is 0.343. The molecule has 4 heterocycles. The van der Waals surface area contributed by atoms with Crippen LogP contribution in [0.25, 0.3) is 62.3 Å². The van der Waals surface area contributed by atoms with E-state index in [-0.39, 0.29) is 0 Å². The summed E-state index contributed by atoms with van der Waals surface area (Å²) in [4.78, 5) is 10.6. The number of aromatic nitrogens is 3. The van der Waals surface area contributed by atoms with E-state index in [1.54, 1.807) is 0 Å². The molecule has 7 aromatic rings. The lowest BCUT2D eigenvalue weighted by Crippen LogP contribution is -2.13. The molecule has 3 aromatic heterocycles. The molecule has 4 heteroatoms. The van der Waals surface area contributed by atoms with Crippen LogP contribution >= 0.6 is 0 Å². The van der Waals surface area contributed by atoms with Crippen LogP contribution in [0.2, 0.25) is 0 Å². The highest BCUT2D eigenvalue weighted by Gasteiger charge is 2.22. The summed E-state index contributed by atoms with van der Waals surface area (Å²) in [5.41, 5.74) is 16.5. The summed E-state index contributed by atoms with van der Waals surface area (Å²) in [5.74, 6) is 0.343. The Hall–Kier alpha value is -6.00. The molecule has 1 aliphatic heterocycles. The van der Waals surface area contributed by atoms with Crippen molar-refractivity contribution in [3.05, 3.63) is 167 Å². The van der Waals surface area contributed by atoms with Crippen molar-refractivity contribution < 1.29 is 0 Å². The number of aryl methyl sites for hydroxylation is 1. The maximum Gasteiger partial charge on any atom is 0.0852 e. The van der Waals surface area contributed by atoms with Crippen LogP contribution in [0, 0.1) is 5.92 Å². The van der Waals surface area contributed by atoms with Gasteiger partial charge in [0.1, 0.15) is 0 Å². The Morgan fingerprint density at radius 1 is 0.627 bits per heavy atom. The average molecular weight is 659 g/mol. The second kappa shape index (κ2) is 12.1. The number of rotatable bonds is 5. The molecule has 0 bridgehead atoms. The Bertz CT molecular complexity index is 2640. The topological polar surface area (TPSA) is 35.1 Å². The summed E-state index contributed by atoms with van der Waals surface area (Å²) in [7, 11) is 0. The van der Waals surface area contributed by atoms with Crippen molar-refractivity contribution in [1.29, 1.82) is 0 Å². The highest BCUT2D eigenvalue weighted by atomic mass is 15.0. The van der Waals surface area contributed by atoms with Crippen LogP contribution in [-0.4, -0.2) is 19.8 Å². The van der Waals surface area contributed by atoms with E-state index in [0.717, 1.165) is 66.0 Å². The number of pyridine rings is 1. The van der Waals surface area contributed by atoms with E-state index in [1.807, 2.05) is 0 Å². The van der Waals surface area contributed by atoms with Gasteiger partial charge >= 0.3 is 0 Å². The Morgan fingerprint density at radius 2 is 1.31 bits per heavy atom. The zero-order chi connectivity index (χ0) is 33.9. The van der Waals surface area contributed by atoms with Crippen molar-refractivity contribution in [3.63, 3.8) is 0 Å². The second-order valence-corrected chi connectivity index (χ2v) is 14.1. The summed E-state index contributed by atoms with van der Waals surface area (Å²) in [6.07, 6.45) is 16.6. The summed E-state index contributed by atoms with van der Waals surface area (Å²) in [5, 5.41) is 2.66. The van der Waals surface area contributed by atoms with Crippen LogP contribution in [-0.2, 0) is 12.8 Å². The molecule has 2 aliphatic carbocycles. The number of hydrogen-bond donors (Lipinski definition) is 0. The van der Waals surface area contributed by atoms with Crippen molar-refractivity contribution in [2.24, 2.45) is 10.9 Å². The zero-order valence-corrected chi connectivity index (χ0v) is 28.8. The van der Waals surface area contributed by atoms with Gasteiger partial charge in [0.05, 0.1) is 33.8 Å². The molecule has 4 aromatic carbocycles. The molecular formula is C47H38N4. The Kier molecular flexibility index (Phi) is 7.09. The van der Waals surface area contributed by atoms with Crippen LogP contribution in [0.4, 0.5) is 0 Å². The third-order valence-corrected chi connectivity index (χ3v) is 10.8. The second-order valence-electron chi connectivity index (χ2n) is 14.1. The largest absolute Gasteiger partial charge is 0.313 e. The highest BCUT2D eigenvalue weighted by Crippen LogP contribution is 2.37. The van der Waals surface area contributed by atoms with Crippen LogP contribution in [0.15, 0.2) is 138 Å². The van der Waals surface area contributed by atoms with E-state index in [1.165, 1.54) is 55.7 Å². The van der Waals surface area contributed by atoms with Gasteiger partial charge in [-0.2, -0.15) is 0 Å². The predicted molar refractivity (Wildman–Crippen MR) is 213 cm³/mol. The number of hydrogen-bond acceptors (Lipinski definition) is 2. The number of fused-ring (bicyclic) bond motifs is 6. The van der Waals surface area contributed by atoms with E-state index in [4.69, 9.17) is 9.98 Å². The van der Waals surface area contributed by atoms with Crippen molar-refractivity contribution in [2.75, 3.05) is 0 Å². The summed E-state index contributed by atoms with van der Waals surface area (Å²) in [6.45, 7) is 2.28. The van der Waals surface area contributed by atoms with Gasteiger partial charge in [-0.05, 0) is 98.2 Å². The summed E-state index contributed by atoms with van der Waals surface area (Å²) in [6, 6.07) is 41.7.